The predicted molar refractivity (Wildman–Crippen MR) is 146 cm³/mol. The molecule has 38 heavy (non-hydrogen) atoms. The first-order valence-electron chi connectivity index (χ1n) is 13.5. The Morgan fingerprint density at radius 2 is 1.89 bits per heavy atom. The molecule has 1 aromatic carbocycles. The van der Waals surface area contributed by atoms with Gasteiger partial charge in [-0.05, 0) is 70.3 Å². The van der Waals surface area contributed by atoms with E-state index in [1.165, 1.54) is 12.1 Å². The molecule has 8 nitrogen and oxygen atoms in total. The van der Waals surface area contributed by atoms with Crippen molar-refractivity contribution >= 4 is 28.3 Å². The SMILES string of the molecule is CC[C@H](C(=N)C(=O)[C@@H](NC(=O)[C@H](C)NC)C1CCCCC1)c1cc(-n2ccc3cc(F)ccc32)nc(C)n1. The molecule has 0 spiro atoms. The Labute approximate surface area is 223 Å². The Morgan fingerprint density at radius 3 is 2.58 bits per heavy atom. The van der Waals surface area contributed by atoms with E-state index in [1.807, 2.05) is 23.8 Å². The zero-order chi connectivity index (χ0) is 27.4. The van der Waals surface area contributed by atoms with Crippen LogP contribution < -0.4 is 10.6 Å². The molecule has 9 heteroatoms. The van der Waals surface area contributed by atoms with Crippen molar-refractivity contribution in [3.8, 4) is 5.82 Å². The highest BCUT2D eigenvalue weighted by Crippen LogP contribution is 2.30. The summed E-state index contributed by atoms with van der Waals surface area (Å²) in [7, 11) is 1.70. The van der Waals surface area contributed by atoms with Crippen molar-refractivity contribution in [2.24, 2.45) is 5.92 Å². The molecule has 3 N–H and O–H groups in total. The molecule has 1 saturated carbocycles. The minimum atomic E-state index is -0.731. The number of carbonyl (C=O) groups excluding carboxylic acids is 2. The van der Waals surface area contributed by atoms with Gasteiger partial charge in [0.05, 0.1) is 29.0 Å². The summed E-state index contributed by atoms with van der Waals surface area (Å²) in [4.78, 5) is 35.8. The molecule has 1 amide bonds. The van der Waals surface area contributed by atoms with Gasteiger partial charge in [-0.2, -0.15) is 0 Å². The molecular weight excluding hydrogens is 483 g/mol. The predicted octanol–water partition coefficient (Wildman–Crippen LogP) is 4.62. The number of carbonyl (C=O) groups is 2. The summed E-state index contributed by atoms with van der Waals surface area (Å²) in [5, 5.41) is 15.6. The fraction of sp³-hybridized carbons (Fsp3) is 0.483. The minimum Gasteiger partial charge on any atom is -0.344 e. The summed E-state index contributed by atoms with van der Waals surface area (Å²) in [5.41, 5.74) is 1.33. The van der Waals surface area contributed by atoms with Crippen molar-refractivity contribution in [3.05, 3.63) is 53.9 Å². The maximum absolute atomic E-state index is 13.8. The molecule has 1 aliphatic carbocycles. The standard InChI is InChI=1S/C29H37FN6O2/c1-5-22(26(31)28(37)27(19-9-7-6-8-10-19)35-29(38)17(2)32-4)23-16-25(34-18(3)33-23)36-14-13-20-15-21(30)11-12-24(20)36/h11-17,19,22,27,31-32H,5-10H2,1-4H3,(H,35,38)/t17-,22-,27-/m0/s1. The molecule has 3 aromatic rings. The van der Waals surface area contributed by atoms with Crippen LogP contribution in [0.3, 0.4) is 0 Å². The number of rotatable bonds is 10. The van der Waals surface area contributed by atoms with Crippen LogP contribution in [0, 0.1) is 24.1 Å². The average Bonchev–Trinajstić information content (AvgIpc) is 3.34. The smallest absolute Gasteiger partial charge is 0.237 e. The molecule has 0 bridgehead atoms. The lowest BCUT2D eigenvalue weighted by Gasteiger charge is -2.31. The molecule has 4 rings (SSSR count). The van der Waals surface area contributed by atoms with Crippen molar-refractivity contribution in [2.75, 3.05) is 7.05 Å². The molecule has 0 aliphatic heterocycles. The number of nitrogens with one attached hydrogen (secondary N) is 3. The summed E-state index contributed by atoms with van der Waals surface area (Å²) in [5.74, 6) is -0.332. The Balaban J connectivity index is 1.65. The van der Waals surface area contributed by atoms with Gasteiger partial charge >= 0.3 is 0 Å². The van der Waals surface area contributed by atoms with Gasteiger partial charge in [0.1, 0.15) is 17.5 Å². The number of amides is 1. The van der Waals surface area contributed by atoms with Gasteiger partial charge < -0.3 is 20.6 Å². The molecule has 2 aromatic heterocycles. The van der Waals surface area contributed by atoms with E-state index in [-0.39, 0.29) is 29.1 Å². The van der Waals surface area contributed by atoms with Gasteiger partial charge in [-0.1, -0.05) is 26.2 Å². The van der Waals surface area contributed by atoms with Crippen LogP contribution in [-0.4, -0.2) is 51.1 Å². The molecule has 0 radical (unpaired) electrons. The van der Waals surface area contributed by atoms with E-state index < -0.39 is 18.0 Å². The van der Waals surface area contributed by atoms with Crippen LogP contribution in [0.4, 0.5) is 4.39 Å². The highest BCUT2D eigenvalue weighted by molar-refractivity contribution is 6.42. The summed E-state index contributed by atoms with van der Waals surface area (Å²) in [6.45, 7) is 5.46. The van der Waals surface area contributed by atoms with E-state index in [0.29, 0.717) is 23.8 Å². The maximum atomic E-state index is 13.8. The zero-order valence-electron chi connectivity index (χ0n) is 22.6. The van der Waals surface area contributed by atoms with Gasteiger partial charge in [0.25, 0.3) is 0 Å². The Bertz CT molecular complexity index is 1330. The van der Waals surface area contributed by atoms with Crippen LogP contribution >= 0.6 is 0 Å². The zero-order valence-corrected chi connectivity index (χ0v) is 22.6. The fourth-order valence-corrected chi connectivity index (χ4v) is 5.36. The highest BCUT2D eigenvalue weighted by Gasteiger charge is 2.36. The topological polar surface area (TPSA) is 113 Å². The van der Waals surface area contributed by atoms with E-state index in [2.05, 4.69) is 20.6 Å². The first kappa shape index (κ1) is 27.6. The number of Topliss-reactive ketones (excluding diaryl/α,β-unsaturated/α-hetero) is 1. The number of fused-ring (bicyclic) bond motifs is 1. The Morgan fingerprint density at radius 1 is 1.16 bits per heavy atom. The number of aromatic nitrogens is 3. The van der Waals surface area contributed by atoms with Crippen LogP contribution in [0.15, 0.2) is 36.5 Å². The van der Waals surface area contributed by atoms with Crippen molar-refractivity contribution in [1.29, 1.82) is 5.41 Å². The van der Waals surface area contributed by atoms with Crippen molar-refractivity contribution in [1.82, 2.24) is 25.2 Å². The molecule has 3 atom stereocenters. The number of hydrogen-bond donors (Lipinski definition) is 3. The van der Waals surface area contributed by atoms with Crippen molar-refractivity contribution < 1.29 is 14.0 Å². The normalized spacial score (nSPS) is 16.7. The number of halogens is 1. The summed E-state index contributed by atoms with van der Waals surface area (Å²) in [6, 6.07) is 7.02. The number of nitrogens with zero attached hydrogens (tertiary/aromatic N) is 3. The lowest BCUT2D eigenvalue weighted by atomic mass is 9.79. The second kappa shape index (κ2) is 11.9. The fourth-order valence-electron chi connectivity index (χ4n) is 5.36. The molecular formula is C29H37FN6O2. The van der Waals surface area contributed by atoms with Crippen molar-refractivity contribution in [3.63, 3.8) is 0 Å². The van der Waals surface area contributed by atoms with Crippen LogP contribution in [0.2, 0.25) is 0 Å². The maximum Gasteiger partial charge on any atom is 0.237 e. The summed E-state index contributed by atoms with van der Waals surface area (Å²) >= 11 is 0. The third kappa shape index (κ3) is 5.83. The van der Waals surface area contributed by atoms with E-state index in [4.69, 9.17) is 5.41 Å². The Hall–Kier alpha value is -3.46. The molecule has 0 saturated heterocycles. The molecule has 1 fully saturated rings. The van der Waals surface area contributed by atoms with Gasteiger partial charge in [-0.25, -0.2) is 14.4 Å². The van der Waals surface area contributed by atoms with E-state index >= 15 is 0 Å². The number of benzene rings is 1. The van der Waals surface area contributed by atoms with Gasteiger partial charge in [-0.15, -0.1) is 0 Å². The van der Waals surface area contributed by atoms with Crippen LogP contribution in [-0.2, 0) is 9.59 Å². The number of hydrogen-bond acceptors (Lipinski definition) is 6. The second-order valence-corrected chi connectivity index (χ2v) is 10.2. The van der Waals surface area contributed by atoms with Gasteiger partial charge in [-0.3, -0.25) is 9.59 Å². The lowest BCUT2D eigenvalue weighted by Crippen LogP contribution is -2.53. The third-order valence-electron chi connectivity index (χ3n) is 7.65. The molecule has 1 aliphatic rings. The van der Waals surface area contributed by atoms with Crippen LogP contribution in [0.5, 0.6) is 0 Å². The summed E-state index contributed by atoms with van der Waals surface area (Å²) in [6.07, 6.45) is 7.18. The summed E-state index contributed by atoms with van der Waals surface area (Å²) < 4.78 is 15.6. The minimum absolute atomic E-state index is 0.0106. The van der Waals surface area contributed by atoms with Crippen molar-refractivity contribution in [2.45, 2.75) is 77.3 Å². The largest absolute Gasteiger partial charge is 0.344 e. The monoisotopic (exact) mass is 520 g/mol. The number of likely N-dealkylation sites (N-methyl/N-ethyl adjacent to an activating group) is 1. The second-order valence-electron chi connectivity index (χ2n) is 10.2. The highest BCUT2D eigenvalue weighted by atomic mass is 19.1. The quantitative estimate of drug-likeness (QED) is 0.338. The number of aryl methyl sites for hydroxylation is 1. The average molecular weight is 521 g/mol. The first-order valence-corrected chi connectivity index (χ1v) is 13.5. The van der Waals surface area contributed by atoms with E-state index in [0.717, 1.165) is 43.0 Å². The number of ketones is 1. The molecule has 0 unspecified atom stereocenters. The van der Waals surface area contributed by atoms with Gasteiger partial charge in [0, 0.05) is 23.6 Å². The van der Waals surface area contributed by atoms with Crippen LogP contribution in [0.1, 0.15) is 69.8 Å². The van der Waals surface area contributed by atoms with Gasteiger partial charge in [0.2, 0.25) is 5.91 Å². The van der Waals surface area contributed by atoms with E-state index in [1.54, 1.807) is 33.0 Å². The molecule has 2 heterocycles. The third-order valence-corrected chi connectivity index (χ3v) is 7.65. The van der Waals surface area contributed by atoms with Gasteiger partial charge in [0.15, 0.2) is 5.78 Å². The van der Waals surface area contributed by atoms with Crippen LogP contribution in [0.25, 0.3) is 16.7 Å². The van der Waals surface area contributed by atoms with E-state index in [9.17, 15) is 14.0 Å². The molecule has 202 valence electrons. The Kier molecular flexibility index (Phi) is 8.66. The lowest BCUT2D eigenvalue weighted by molar-refractivity contribution is -0.127. The first-order chi connectivity index (χ1) is 18.2.